The number of nitrogens with two attached hydrogens (primary N) is 1. The lowest BCUT2D eigenvalue weighted by molar-refractivity contribution is -0.118. The van der Waals surface area contributed by atoms with Gasteiger partial charge in [-0.3, -0.25) is 9.78 Å². The number of hydrogen-bond acceptors (Lipinski definition) is 3. The topological polar surface area (TPSA) is 56.0 Å². The molecule has 94 valence electrons. The maximum absolute atomic E-state index is 11.8. The lowest BCUT2D eigenvalue weighted by Gasteiger charge is -2.07. The van der Waals surface area contributed by atoms with E-state index in [1.54, 1.807) is 0 Å². The van der Waals surface area contributed by atoms with Crippen LogP contribution in [0.5, 0.6) is 0 Å². The summed E-state index contributed by atoms with van der Waals surface area (Å²) in [5.41, 5.74) is 7.53. The molecule has 18 heavy (non-hydrogen) atoms. The molecule has 3 nitrogen and oxygen atoms in total. The third-order valence-corrected chi connectivity index (χ3v) is 3.05. The first kappa shape index (κ1) is 12.7. The van der Waals surface area contributed by atoms with Gasteiger partial charge in [-0.25, -0.2) is 0 Å². The first-order chi connectivity index (χ1) is 8.69. The molecule has 1 aromatic carbocycles. The van der Waals surface area contributed by atoms with Crippen LogP contribution in [0.2, 0.25) is 0 Å². The fourth-order valence-corrected chi connectivity index (χ4v) is 1.92. The monoisotopic (exact) mass is 242 g/mol. The number of aromatic nitrogens is 1. The molecule has 0 amide bonds. The van der Waals surface area contributed by atoms with Crippen LogP contribution in [0.15, 0.2) is 36.4 Å². The molecule has 1 unspecified atom stereocenters. The van der Waals surface area contributed by atoms with Gasteiger partial charge in [0, 0.05) is 30.0 Å². The van der Waals surface area contributed by atoms with E-state index in [1.807, 2.05) is 43.3 Å². The summed E-state index contributed by atoms with van der Waals surface area (Å²) >= 11 is 0. The second-order valence-corrected chi connectivity index (χ2v) is 4.58. The van der Waals surface area contributed by atoms with Gasteiger partial charge < -0.3 is 5.73 Å². The van der Waals surface area contributed by atoms with Crippen molar-refractivity contribution in [1.82, 2.24) is 4.98 Å². The van der Waals surface area contributed by atoms with Crippen LogP contribution in [-0.4, -0.2) is 16.8 Å². The van der Waals surface area contributed by atoms with Crippen molar-refractivity contribution in [2.24, 2.45) is 5.73 Å². The fraction of sp³-hybridized carbons (Fsp3) is 0.333. The first-order valence-corrected chi connectivity index (χ1v) is 6.31. The minimum atomic E-state index is -0.0297. The SMILES string of the molecule is CCC(N)CC(=O)Cc1ccc2ccccc2n1. The molecule has 0 spiro atoms. The predicted octanol–water partition coefficient (Wildman–Crippen LogP) is 2.47. The maximum atomic E-state index is 11.8. The van der Waals surface area contributed by atoms with Gasteiger partial charge in [-0.15, -0.1) is 0 Å². The minimum absolute atomic E-state index is 0.0297. The maximum Gasteiger partial charge on any atom is 0.140 e. The Bertz CT molecular complexity index is 551. The largest absolute Gasteiger partial charge is 0.327 e. The molecule has 0 aliphatic heterocycles. The number of benzene rings is 1. The Morgan fingerprint density at radius 2 is 2.06 bits per heavy atom. The highest BCUT2D eigenvalue weighted by Gasteiger charge is 2.09. The van der Waals surface area contributed by atoms with E-state index < -0.39 is 0 Å². The predicted molar refractivity (Wildman–Crippen MR) is 73.3 cm³/mol. The Hall–Kier alpha value is -1.74. The zero-order valence-corrected chi connectivity index (χ0v) is 10.6. The molecule has 0 saturated heterocycles. The molecule has 0 saturated carbocycles. The van der Waals surface area contributed by atoms with Gasteiger partial charge in [0.2, 0.25) is 0 Å². The lowest BCUT2D eigenvalue weighted by Crippen LogP contribution is -2.23. The van der Waals surface area contributed by atoms with E-state index in [-0.39, 0.29) is 11.8 Å². The van der Waals surface area contributed by atoms with Gasteiger partial charge >= 0.3 is 0 Å². The van der Waals surface area contributed by atoms with Crippen molar-refractivity contribution in [2.75, 3.05) is 0 Å². The second-order valence-electron chi connectivity index (χ2n) is 4.58. The molecule has 0 aliphatic carbocycles. The number of pyridine rings is 1. The van der Waals surface area contributed by atoms with Crippen LogP contribution in [0.4, 0.5) is 0 Å². The van der Waals surface area contributed by atoms with Crippen molar-refractivity contribution in [3.8, 4) is 0 Å². The summed E-state index contributed by atoms with van der Waals surface area (Å²) in [5.74, 6) is 0.159. The van der Waals surface area contributed by atoms with Crippen LogP contribution in [0, 0.1) is 0 Å². The summed E-state index contributed by atoms with van der Waals surface area (Å²) in [4.78, 5) is 16.3. The van der Waals surface area contributed by atoms with Crippen molar-refractivity contribution in [3.05, 3.63) is 42.1 Å². The van der Waals surface area contributed by atoms with E-state index in [9.17, 15) is 4.79 Å². The lowest BCUT2D eigenvalue weighted by atomic mass is 10.0. The molecule has 1 heterocycles. The Morgan fingerprint density at radius 1 is 1.28 bits per heavy atom. The summed E-state index contributed by atoms with van der Waals surface area (Å²) in [5, 5.41) is 1.10. The third kappa shape index (κ3) is 3.14. The third-order valence-electron chi connectivity index (χ3n) is 3.05. The van der Waals surface area contributed by atoms with Crippen LogP contribution < -0.4 is 5.73 Å². The van der Waals surface area contributed by atoms with Gasteiger partial charge in [0.25, 0.3) is 0 Å². The molecule has 1 aromatic heterocycles. The Kier molecular flexibility index (Phi) is 4.05. The molecule has 2 aromatic rings. The fourth-order valence-electron chi connectivity index (χ4n) is 1.92. The van der Waals surface area contributed by atoms with Crippen molar-refractivity contribution < 1.29 is 4.79 Å². The summed E-state index contributed by atoms with van der Waals surface area (Å²) in [6.45, 7) is 1.99. The zero-order chi connectivity index (χ0) is 13.0. The molecular formula is C15H18N2O. The summed E-state index contributed by atoms with van der Waals surface area (Å²) in [6.07, 6.45) is 1.64. The molecule has 0 aliphatic rings. The standard InChI is InChI=1S/C15H18N2O/c1-2-12(16)9-14(18)10-13-8-7-11-5-3-4-6-15(11)17-13/h3-8,12H,2,9-10,16H2,1H3. The number of nitrogens with zero attached hydrogens (tertiary/aromatic N) is 1. The van der Waals surface area contributed by atoms with Crippen LogP contribution >= 0.6 is 0 Å². The smallest absolute Gasteiger partial charge is 0.140 e. The minimum Gasteiger partial charge on any atom is -0.327 e. The number of fused-ring (bicyclic) bond motifs is 1. The van der Waals surface area contributed by atoms with Gasteiger partial charge in [-0.1, -0.05) is 31.2 Å². The number of rotatable bonds is 5. The number of Topliss-reactive ketones (excluding diaryl/α,β-unsaturated/α-hetero) is 1. The van der Waals surface area contributed by atoms with E-state index >= 15 is 0 Å². The number of hydrogen-bond donors (Lipinski definition) is 1. The number of carbonyl (C=O) groups excluding carboxylic acids is 1. The molecule has 2 rings (SSSR count). The highest BCUT2D eigenvalue weighted by molar-refractivity contribution is 5.83. The van der Waals surface area contributed by atoms with E-state index in [0.717, 1.165) is 23.0 Å². The molecule has 0 fully saturated rings. The van der Waals surface area contributed by atoms with Crippen LogP contribution in [0.25, 0.3) is 10.9 Å². The van der Waals surface area contributed by atoms with E-state index in [0.29, 0.717) is 12.8 Å². The van der Waals surface area contributed by atoms with Crippen LogP contribution in [0.1, 0.15) is 25.5 Å². The van der Waals surface area contributed by atoms with Gasteiger partial charge in [-0.2, -0.15) is 0 Å². The highest BCUT2D eigenvalue weighted by atomic mass is 16.1. The van der Waals surface area contributed by atoms with Crippen molar-refractivity contribution in [2.45, 2.75) is 32.2 Å². The summed E-state index contributed by atoms with van der Waals surface area (Å²) in [6, 6.07) is 11.8. The Labute approximate surface area is 107 Å². The van der Waals surface area contributed by atoms with Crippen molar-refractivity contribution in [1.29, 1.82) is 0 Å². The van der Waals surface area contributed by atoms with Crippen molar-refractivity contribution in [3.63, 3.8) is 0 Å². The molecule has 0 bridgehead atoms. The quantitative estimate of drug-likeness (QED) is 0.876. The normalized spacial score (nSPS) is 12.6. The van der Waals surface area contributed by atoms with E-state index in [2.05, 4.69) is 4.98 Å². The van der Waals surface area contributed by atoms with E-state index in [1.165, 1.54) is 0 Å². The summed E-state index contributed by atoms with van der Waals surface area (Å²) in [7, 11) is 0. The van der Waals surface area contributed by atoms with Crippen molar-refractivity contribution >= 4 is 16.7 Å². The van der Waals surface area contributed by atoms with Gasteiger partial charge in [0.15, 0.2) is 0 Å². The highest BCUT2D eigenvalue weighted by Crippen LogP contribution is 2.12. The second kappa shape index (κ2) is 5.74. The van der Waals surface area contributed by atoms with Crippen LogP contribution in [-0.2, 0) is 11.2 Å². The molecular weight excluding hydrogens is 224 g/mol. The molecule has 2 N–H and O–H groups in total. The molecule has 3 heteroatoms. The summed E-state index contributed by atoms with van der Waals surface area (Å²) < 4.78 is 0. The zero-order valence-electron chi connectivity index (χ0n) is 10.6. The van der Waals surface area contributed by atoms with Gasteiger partial charge in [0.05, 0.1) is 5.52 Å². The Balaban J connectivity index is 2.10. The van der Waals surface area contributed by atoms with Gasteiger partial charge in [0.1, 0.15) is 5.78 Å². The van der Waals surface area contributed by atoms with Gasteiger partial charge in [-0.05, 0) is 18.6 Å². The number of ketones is 1. The molecule has 1 atom stereocenters. The number of para-hydroxylation sites is 1. The first-order valence-electron chi connectivity index (χ1n) is 6.31. The van der Waals surface area contributed by atoms with E-state index in [4.69, 9.17) is 5.73 Å². The number of carbonyl (C=O) groups is 1. The van der Waals surface area contributed by atoms with Crippen LogP contribution in [0.3, 0.4) is 0 Å². The average Bonchev–Trinajstić information content (AvgIpc) is 2.38. The molecule has 0 radical (unpaired) electrons. The average molecular weight is 242 g/mol. The Morgan fingerprint density at radius 3 is 2.83 bits per heavy atom.